The Balaban J connectivity index is 1.48. The largest absolute Gasteiger partial charge is 0.496 e. The molecule has 2 aromatic carbocycles. The van der Waals surface area contributed by atoms with Crippen LogP contribution in [0.5, 0.6) is 11.5 Å². The molecule has 0 radical (unpaired) electrons. The van der Waals surface area contributed by atoms with E-state index in [4.69, 9.17) is 14.0 Å². The molecule has 0 unspecified atom stereocenters. The number of carbonyl (C=O) groups is 1. The number of aromatic nitrogens is 3. The first kappa shape index (κ1) is 23.7. The summed E-state index contributed by atoms with van der Waals surface area (Å²) >= 11 is 0. The topological polar surface area (TPSA) is 129 Å². The number of hydrogen-bond donors (Lipinski definition) is 1. The molecule has 2 aromatic heterocycles. The quantitative estimate of drug-likeness (QED) is 0.379. The number of rotatable bonds is 8. The van der Waals surface area contributed by atoms with Crippen LogP contribution in [0.2, 0.25) is 0 Å². The molecular formula is C24H25N5O6S. The SMILES string of the molecule is COc1ccc(N2CCC(=O)CC2)cc1S(=O)(=O)Nc1noc2cc(Cn3cccn3)cc(OC)c12. The summed E-state index contributed by atoms with van der Waals surface area (Å²) in [6.45, 7) is 1.54. The highest BCUT2D eigenvalue weighted by molar-refractivity contribution is 7.92. The first-order chi connectivity index (χ1) is 17.4. The average molecular weight is 512 g/mol. The number of piperidine rings is 1. The molecule has 0 bridgehead atoms. The van der Waals surface area contributed by atoms with Crippen molar-refractivity contribution >= 4 is 38.3 Å². The van der Waals surface area contributed by atoms with Gasteiger partial charge in [0.25, 0.3) is 10.0 Å². The smallest absolute Gasteiger partial charge is 0.266 e. The molecule has 0 amide bonds. The minimum atomic E-state index is -4.13. The summed E-state index contributed by atoms with van der Waals surface area (Å²) in [4.78, 5) is 13.6. The number of Topliss-reactive ketones (excluding diaryl/α,β-unsaturated/α-hetero) is 1. The lowest BCUT2D eigenvalue weighted by atomic mass is 10.1. The molecular weight excluding hydrogens is 486 g/mol. The van der Waals surface area contributed by atoms with Crippen LogP contribution >= 0.6 is 0 Å². The fourth-order valence-corrected chi connectivity index (χ4v) is 5.46. The molecule has 1 aliphatic rings. The number of carbonyl (C=O) groups excluding carboxylic acids is 1. The Labute approximate surface area is 207 Å². The zero-order valence-corrected chi connectivity index (χ0v) is 20.6. The standard InChI is InChI=1S/C24H25N5O6S/c1-33-19-5-4-17(28-10-6-18(30)7-11-28)14-22(19)36(31,32)27-24-23-20(34-2)12-16(13-21(23)35-26-24)15-29-9-3-8-25-29/h3-5,8-9,12-14H,6-7,10-11,15H2,1-2H3,(H,26,27). The highest BCUT2D eigenvalue weighted by atomic mass is 32.2. The second-order valence-corrected chi connectivity index (χ2v) is 10.0. The maximum absolute atomic E-state index is 13.5. The molecule has 1 saturated heterocycles. The Bertz CT molecular complexity index is 1500. The number of nitrogens with one attached hydrogen (secondary N) is 1. The van der Waals surface area contributed by atoms with Gasteiger partial charge in [0.1, 0.15) is 27.6 Å². The third-order valence-corrected chi connectivity index (χ3v) is 7.44. The Hall–Kier alpha value is -4.06. The number of ether oxygens (including phenoxy) is 2. The molecule has 0 aliphatic carbocycles. The van der Waals surface area contributed by atoms with Crippen molar-refractivity contribution in [3.8, 4) is 11.5 Å². The van der Waals surface area contributed by atoms with Crippen LogP contribution in [-0.4, -0.2) is 56.4 Å². The van der Waals surface area contributed by atoms with Crippen molar-refractivity contribution in [2.75, 3.05) is 36.9 Å². The lowest BCUT2D eigenvalue weighted by Crippen LogP contribution is -2.33. The van der Waals surface area contributed by atoms with Crippen molar-refractivity contribution in [2.45, 2.75) is 24.3 Å². The zero-order valence-electron chi connectivity index (χ0n) is 19.8. The highest BCUT2D eigenvalue weighted by Crippen LogP contribution is 2.36. The van der Waals surface area contributed by atoms with Gasteiger partial charge in [-0.1, -0.05) is 5.16 Å². The predicted octanol–water partition coefficient (Wildman–Crippen LogP) is 3.06. The van der Waals surface area contributed by atoms with Gasteiger partial charge < -0.3 is 18.9 Å². The summed E-state index contributed by atoms with van der Waals surface area (Å²) in [6, 6.07) is 10.3. The molecule has 4 aromatic rings. The van der Waals surface area contributed by atoms with E-state index in [9.17, 15) is 13.2 Å². The van der Waals surface area contributed by atoms with Gasteiger partial charge in [0.15, 0.2) is 11.4 Å². The Kier molecular flexibility index (Phi) is 6.27. The van der Waals surface area contributed by atoms with Crippen LogP contribution in [-0.2, 0) is 21.4 Å². The van der Waals surface area contributed by atoms with E-state index in [1.54, 1.807) is 41.2 Å². The van der Waals surface area contributed by atoms with E-state index < -0.39 is 10.0 Å². The van der Waals surface area contributed by atoms with Crippen molar-refractivity contribution in [2.24, 2.45) is 0 Å². The van der Waals surface area contributed by atoms with E-state index in [0.29, 0.717) is 54.9 Å². The Morgan fingerprint density at radius 3 is 2.56 bits per heavy atom. The summed E-state index contributed by atoms with van der Waals surface area (Å²) in [5, 5.41) is 8.57. The first-order valence-corrected chi connectivity index (χ1v) is 12.8. The normalized spacial score (nSPS) is 14.3. The molecule has 36 heavy (non-hydrogen) atoms. The van der Waals surface area contributed by atoms with Crippen LogP contribution in [0.25, 0.3) is 11.0 Å². The molecule has 0 spiro atoms. The van der Waals surface area contributed by atoms with E-state index in [2.05, 4.69) is 15.0 Å². The Morgan fingerprint density at radius 1 is 1.08 bits per heavy atom. The van der Waals surface area contributed by atoms with Gasteiger partial charge in [0.2, 0.25) is 0 Å². The third kappa shape index (κ3) is 4.59. The lowest BCUT2D eigenvalue weighted by Gasteiger charge is -2.28. The summed E-state index contributed by atoms with van der Waals surface area (Å²) in [5.74, 6) is 0.797. The summed E-state index contributed by atoms with van der Waals surface area (Å²) in [7, 11) is -1.23. The van der Waals surface area contributed by atoms with Gasteiger partial charge >= 0.3 is 0 Å². The van der Waals surface area contributed by atoms with Crippen molar-refractivity contribution in [1.29, 1.82) is 0 Å². The third-order valence-electron chi connectivity index (χ3n) is 6.08. The predicted molar refractivity (Wildman–Crippen MR) is 132 cm³/mol. The van der Waals surface area contributed by atoms with Gasteiger partial charge in [-0.25, -0.2) is 8.42 Å². The molecule has 0 atom stereocenters. The molecule has 1 fully saturated rings. The van der Waals surface area contributed by atoms with Crippen molar-refractivity contribution in [3.63, 3.8) is 0 Å². The van der Waals surface area contributed by atoms with E-state index >= 15 is 0 Å². The second kappa shape index (κ2) is 9.53. The molecule has 1 aliphatic heterocycles. The van der Waals surface area contributed by atoms with Gasteiger partial charge in [-0.2, -0.15) is 5.10 Å². The number of nitrogens with zero attached hydrogens (tertiary/aromatic N) is 4. The molecule has 12 heteroatoms. The minimum absolute atomic E-state index is 0.00325. The van der Waals surface area contributed by atoms with Crippen molar-refractivity contribution in [1.82, 2.24) is 14.9 Å². The highest BCUT2D eigenvalue weighted by Gasteiger charge is 2.26. The monoisotopic (exact) mass is 511 g/mol. The number of hydrogen-bond acceptors (Lipinski definition) is 9. The number of benzene rings is 2. The van der Waals surface area contributed by atoms with Crippen LogP contribution in [0.1, 0.15) is 18.4 Å². The molecule has 188 valence electrons. The Morgan fingerprint density at radius 2 is 1.86 bits per heavy atom. The summed E-state index contributed by atoms with van der Waals surface area (Å²) < 4.78 is 47.6. The fraction of sp³-hybridized carbons (Fsp3) is 0.292. The van der Waals surface area contributed by atoms with Crippen LogP contribution < -0.4 is 19.1 Å². The molecule has 11 nitrogen and oxygen atoms in total. The summed E-state index contributed by atoms with van der Waals surface area (Å²) in [6.07, 6.45) is 4.38. The maximum atomic E-state index is 13.5. The van der Waals surface area contributed by atoms with Crippen molar-refractivity contribution < 1.29 is 27.2 Å². The number of sulfonamides is 1. The second-order valence-electron chi connectivity index (χ2n) is 8.37. The number of ketones is 1. The molecule has 5 rings (SSSR count). The van der Waals surface area contributed by atoms with E-state index in [1.165, 1.54) is 14.2 Å². The van der Waals surface area contributed by atoms with Crippen LogP contribution in [0.4, 0.5) is 11.5 Å². The molecule has 1 N–H and O–H groups in total. The number of methoxy groups -OCH3 is 2. The molecule has 3 heterocycles. The number of anilines is 2. The minimum Gasteiger partial charge on any atom is -0.496 e. The fourth-order valence-electron chi connectivity index (χ4n) is 4.26. The lowest BCUT2D eigenvalue weighted by molar-refractivity contribution is -0.119. The zero-order chi connectivity index (χ0) is 25.3. The van der Waals surface area contributed by atoms with Gasteiger partial charge in [-0.3, -0.25) is 14.2 Å². The van der Waals surface area contributed by atoms with Gasteiger partial charge in [-0.05, 0) is 42.0 Å². The van der Waals surface area contributed by atoms with Crippen LogP contribution in [0.15, 0.2) is 58.2 Å². The van der Waals surface area contributed by atoms with E-state index in [1.807, 2.05) is 17.2 Å². The number of fused-ring (bicyclic) bond motifs is 1. The van der Waals surface area contributed by atoms with Crippen LogP contribution in [0.3, 0.4) is 0 Å². The summed E-state index contributed by atoms with van der Waals surface area (Å²) in [5.41, 5.74) is 1.91. The van der Waals surface area contributed by atoms with E-state index in [-0.39, 0.29) is 22.2 Å². The maximum Gasteiger partial charge on any atom is 0.266 e. The average Bonchev–Trinajstić information content (AvgIpc) is 3.53. The van der Waals surface area contributed by atoms with Crippen LogP contribution in [0, 0.1) is 0 Å². The first-order valence-electron chi connectivity index (χ1n) is 11.3. The van der Waals surface area contributed by atoms with Gasteiger partial charge in [-0.15, -0.1) is 0 Å². The molecule has 0 saturated carbocycles. The van der Waals surface area contributed by atoms with Crippen molar-refractivity contribution in [3.05, 3.63) is 54.4 Å². The van der Waals surface area contributed by atoms with Gasteiger partial charge in [0, 0.05) is 44.0 Å². The van der Waals surface area contributed by atoms with E-state index in [0.717, 1.165) is 5.56 Å². The van der Waals surface area contributed by atoms with Gasteiger partial charge in [0.05, 0.1) is 20.8 Å².